The predicted octanol–water partition coefficient (Wildman–Crippen LogP) is 3.03. The Kier molecular flexibility index (Phi) is 7.18. The van der Waals surface area contributed by atoms with Gasteiger partial charge in [0.25, 0.3) is 0 Å². The van der Waals surface area contributed by atoms with Gasteiger partial charge in [-0.3, -0.25) is 19.3 Å². The molecule has 3 atom stereocenters. The van der Waals surface area contributed by atoms with Crippen LogP contribution in [0.2, 0.25) is 0 Å². The number of ether oxygens (including phenoxy) is 1. The van der Waals surface area contributed by atoms with Crippen molar-refractivity contribution >= 4 is 18.0 Å². The van der Waals surface area contributed by atoms with Gasteiger partial charge in [-0.05, 0) is 37.2 Å². The lowest BCUT2D eigenvalue weighted by molar-refractivity contribution is -0.143. The van der Waals surface area contributed by atoms with E-state index in [1.54, 1.807) is 0 Å². The van der Waals surface area contributed by atoms with Gasteiger partial charge in [0.15, 0.2) is 17.7 Å². The van der Waals surface area contributed by atoms with Gasteiger partial charge in [0.2, 0.25) is 5.91 Å². The molecule has 0 bridgehead atoms. The first kappa shape index (κ1) is 22.2. The van der Waals surface area contributed by atoms with Crippen molar-refractivity contribution in [2.24, 2.45) is 5.92 Å². The number of amides is 1. The smallest absolute Gasteiger partial charge is 0.222 e. The molecule has 2 heterocycles. The number of piperidine rings is 1. The Hall–Kier alpha value is -2.05. The minimum absolute atomic E-state index is 0.0260. The van der Waals surface area contributed by atoms with Crippen LogP contribution in [0.4, 0.5) is 0 Å². The summed E-state index contributed by atoms with van der Waals surface area (Å²) < 4.78 is 5.72. The molecule has 2 aliphatic heterocycles. The summed E-state index contributed by atoms with van der Waals surface area (Å²) in [7, 11) is 0. The van der Waals surface area contributed by atoms with Crippen molar-refractivity contribution in [1.82, 2.24) is 10.2 Å². The monoisotopic (exact) mass is 426 g/mol. The van der Waals surface area contributed by atoms with Gasteiger partial charge in [-0.2, -0.15) is 0 Å². The van der Waals surface area contributed by atoms with Crippen LogP contribution >= 0.6 is 0 Å². The maximum atomic E-state index is 13.0. The summed E-state index contributed by atoms with van der Waals surface area (Å²) in [6, 6.07) is 9.46. The van der Waals surface area contributed by atoms with Crippen molar-refractivity contribution in [1.29, 1.82) is 0 Å². The second-order valence-electron chi connectivity index (χ2n) is 9.38. The van der Waals surface area contributed by atoms with E-state index in [-0.39, 0.29) is 24.4 Å². The third-order valence-corrected chi connectivity index (χ3v) is 7.22. The fraction of sp³-hybridized carbons (Fsp3) is 0.640. The summed E-state index contributed by atoms with van der Waals surface area (Å²) in [6.07, 6.45) is 9.62. The first-order chi connectivity index (χ1) is 15.1. The van der Waals surface area contributed by atoms with E-state index in [4.69, 9.17) is 4.74 Å². The number of aldehydes is 1. The number of nitrogens with one attached hydrogen (secondary N) is 1. The highest BCUT2D eigenvalue weighted by molar-refractivity contribution is 5.89. The molecule has 1 saturated carbocycles. The molecule has 6 heteroatoms. The minimum Gasteiger partial charge on any atom is -0.368 e. The topological polar surface area (TPSA) is 75.7 Å². The molecule has 3 aliphatic rings. The molecule has 3 unspecified atom stereocenters. The zero-order valence-electron chi connectivity index (χ0n) is 18.3. The Morgan fingerprint density at radius 1 is 1.13 bits per heavy atom. The van der Waals surface area contributed by atoms with Crippen LogP contribution in [-0.4, -0.2) is 53.8 Å². The number of nitrogens with zero attached hydrogens (tertiary/aromatic N) is 1. The molecular weight excluding hydrogens is 392 g/mol. The maximum Gasteiger partial charge on any atom is 0.222 e. The van der Waals surface area contributed by atoms with E-state index in [0.717, 1.165) is 50.4 Å². The fourth-order valence-electron chi connectivity index (χ4n) is 5.66. The van der Waals surface area contributed by atoms with Crippen LogP contribution in [0, 0.1) is 5.92 Å². The predicted molar refractivity (Wildman–Crippen MR) is 117 cm³/mol. The standard InChI is InChI=1S/C25H34N2O4/c28-18-25(16-20-10-5-2-6-11-20,26-23(30)14-13-19-8-3-1-4-9-19)27-15-7-12-22-24(27)21(29)17-31-22/h1,3-4,8-9,18,20,22,24H,2,5-7,10-17H2,(H,26,30). The highest BCUT2D eigenvalue weighted by atomic mass is 16.5. The van der Waals surface area contributed by atoms with Crippen molar-refractivity contribution < 1.29 is 19.1 Å². The van der Waals surface area contributed by atoms with E-state index in [9.17, 15) is 14.4 Å². The van der Waals surface area contributed by atoms with Crippen LogP contribution in [0.1, 0.15) is 63.4 Å². The number of Topliss-reactive ketones (excluding diaryl/α,β-unsaturated/α-hetero) is 1. The Morgan fingerprint density at radius 2 is 1.90 bits per heavy atom. The molecular formula is C25H34N2O4. The summed E-state index contributed by atoms with van der Waals surface area (Å²) in [5.41, 5.74) is -0.0401. The Labute approximate surface area is 184 Å². The van der Waals surface area contributed by atoms with Gasteiger partial charge in [-0.25, -0.2) is 0 Å². The molecule has 2 saturated heterocycles. The van der Waals surface area contributed by atoms with E-state index in [1.807, 2.05) is 35.2 Å². The molecule has 6 nitrogen and oxygen atoms in total. The van der Waals surface area contributed by atoms with Crippen LogP contribution in [0.5, 0.6) is 0 Å². The van der Waals surface area contributed by atoms with E-state index >= 15 is 0 Å². The molecule has 1 amide bonds. The van der Waals surface area contributed by atoms with Crippen LogP contribution in [0.15, 0.2) is 30.3 Å². The number of likely N-dealkylation sites (tertiary alicyclic amines) is 1. The molecule has 0 spiro atoms. The van der Waals surface area contributed by atoms with Gasteiger partial charge in [0, 0.05) is 13.0 Å². The largest absolute Gasteiger partial charge is 0.368 e. The molecule has 168 valence electrons. The molecule has 4 rings (SSSR count). The number of carbonyl (C=O) groups excluding carboxylic acids is 3. The number of carbonyl (C=O) groups is 3. The SMILES string of the molecule is O=CC(CC1CCCCC1)(NC(=O)CCc1ccccc1)N1CCCC2OCC(=O)C21. The fourth-order valence-corrected chi connectivity index (χ4v) is 5.66. The Bertz CT molecular complexity index is 777. The van der Waals surface area contributed by atoms with Crippen molar-refractivity contribution in [3.8, 4) is 0 Å². The third-order valence-electron chi connectivity index (χ3n) is 7.22. The number of hydrogen-bond acceptors (Lipinski definition) is 5. The molecule has 31 heavy (non-hydrogen) atoms. The van der Waals surface area contributed by atoms with E-state index in [2.05, 4.69) is 5.32 Å². The number of rotatable bonds is 8. The second kappa shape index (κ2) is 10.0. The van der Waals surface area contributed by atoms with E-state index in [1.165, 1.54) is 6.42 Å². The molecule has 1 aromatic rings. The number of fused-ring (bicyclic) bond motifs is 1. The highest BCUT2D eigenvalue weighted by Crippen LogP contribution is 2.36. The zero-order valence-corrected chi connectivity index (χ0v) is 18.3. The maximum absolute atomic E-state index is 13.0. The minimum atomic E-state index is -1.14. The van der Waals surface area contributed by atoms with Crippen molar-refractivity contribution in [3.63, 3.8) is 0 Å². The summed E-state index contributed by atoms with van der Waals surface area (Å²) in [6.45, 7) is 0.729. The van der Waals surface area contributed by atoms with Gasteiger partial charge in [0.05, 0.1) is 12.1 Å². The average molecular weight is 427 g/mol. The normalized spacial score (nSPS) is 26.8. The Morgan fingerprint density at radius 3 is 2.65 bits per heavy atom. The molecule has 1 aliphatic carbocycles. The van der Waals surface area contributed by atoms with Gasteiger partial charge in [0.1, 0.15) is 6.61 Å². The van der Waals surface area contributed by atoms with Crippen LogP contribution < -0.4 is 5.32 Å². The zero-order chi connectivity index (χ0) is 21.7. The first-order valence-electron chi connectivity index (χ1n) is 11.8. The van der Waals surface area contributed by atoms with E-state index < -0.39 is 11.7 Å². The van der Waals surface area contributed by atoms with Crippen LogP contribution in [0.25, 0.3) is 0 Å². The van der Waals surface area contributed by atoms with Crippen molar-refractivity contribution in [2.75, 3.05) is 13.2 Å². The number of hydrogen-bond donors (Lipinski definition) is 1. The molecule has 3 fully saturated rings. The number of benzene rings is 1. The van der Waals surface area contributed by atoms with Gasteiger partial charge in [-0.15, -0.1) is 0 Å². The lowest BCUT2D eigenvalue weighted by Crippen LogP contribution is -2.69. The average Bonchev–Trinajstić information content (AvgIpc) is 3.19. The van der Waals surface area contributed by atoms with Gasteiger partial charge >= 0.3 is 0 Å². The lowest BCUT2D eigenvalue weighted by Gasteiger charge is -2.48. The summed E-state index contributed by atoms with van der Waals surface area (Å²) in [5, 5.41) is 3.11. The number of aryl methyl sites for hydroxylation is 1. The van der Waals surface area contributed by atoms with Gasteiger partial charge < -0.3 is 10.1 Å². The lowest BCUT2D eigenvalue weighted by atomic mass is 9.81. The second-order valence-corrected chi connectivity index (χ2v) is 9.38. The first-order valence-corrected chi connectivity index (χ1v) is 11.8. The van der Waals surface area contributed by atoms with Crippen molar-refractivity contribution in [2.45, 2.75) is 82.0 Å². The third kappa shape index (κ3) is 5.07. The number of ketones is 1. The highest BCUT2D eigenvalue weighted by Gasteiger charge is 2.51. The van der Waals surface area contributed by atoms with Gasteiger partial charge in [-0.1, -0.05) is 62.4 Å². The summed E-state index contributed by atoms with van der Waals surface area (Å²) in [5.74, 6) is 0.268. The molecule has 0 aromatic heterocycles. The van der Waals surface area contributed by atoms with E-state index in [0.29, 0.717) is 31.7 Å². The molecule has 1 aromatic carbocycles. The van der Waals surface area contributed by atoms with Crippen LogP contribution in [0.3, 0.4) is 0 Å². The molecule has 0 radical (unpaired) electrons. The quantitative estimate of drug-likeness (QED) is 0.647. The summed E-state index contributed by atoms with van der Waals surface area (Å²) in [4.78, 5) is 40.4. The summed E-state index contributed by atoms with van der Waals surface area (Å²) >= 11 is 0. The Balaban J connectivity index is 1.54. The van der Waals surface area contributed by atoms with Crippen LogP contribution in [-0.2, 0) is 25.5 Å². The van der Waals surface area contributed by atoms with Crippen molar-refractivity contribution in [3.05, 3.63) is 35.9 Å². The molecule has 1 N–H and O–H groups in total.